The van der Waals surface area contributed by atoms with Crippen LogP contribution in [-0.4, -0.2) is 0 Å². The van der Waals surface area contributed by atoms with Crippen LogP contribution in [0.4, 0.5) is 0 Å². The smallest absolute Gasteiger partial charge is 0.0136 e. The van der Waals surface area contributed by atoms with Crippen LogP contribution in [0.3, 0.4) is 0 Å². The van der Waals surface area contributed by atoms with E-state index in [2.05, 4.69) is 43.8 Å². The van der Waals surface area contributed by atoms with E-state index in [0.29, 0.717) is 5.92 Å². The van der Waals surface area contributed by atoms with Gasteiger partial charge in [0.15, 0.2) is 0 Å². The van der Waals surface area contributed by atoms with Crippen molar-refractivity contribution in [1.29, 1.82) is 0 Å². The molecule has 0 heteroatoms. The molecular weight excluding hydrogens is 204 g/mol. The predicted octanol–water partition coefficient (Wildman–Crippen LogP) is 5.31. The molecule has 0 amide bonds. The molecule has 0 saturated heterocycles. The number of benzene rings is 1. The monoisotopic (exact) mass is 228 g/mol. The van der Waals surface area contributed by atoms with Gasteiger partial charge in [-0.25, -0.2) is 0 Å². The SMILES string of the molecule is C=C(c1ccccc1)C1CCCCCCC1C. The van der Waals surface area contributed by atoms with Crippen molar-refractivity contribution in [2.75, 3.05) is 0 Å². The van der Waals surface area contributed by atoms with Crippen molar-refractivity contribution in [3.63, 3.8) is 0 Å². The van der Waals surface area contributed by atoms with E-state index in [4.69, 9.17) is 0 Å². The maximum absolute atomic E-state index is 4.37. The summed E-state index contributed by atoms with van der Waals surface area (Å²) < 4.78 is 0. The molecule has 92 valence electrons. The summed E-state index contributed by atoms with van der Waals surface area (Å²) in [5.41, 5.74) is 2.70. The predicted molar refractivity (Wildman–Crippen MR) is 75.8 cm³/mol. The minimum absolute atomic E-state index is 0.692. The van der Waals surface area contributed by atoms with Crippen LogP contribution in [0.25, 0.3) is 5.57 Å². The number of rotatable bonds is 2. The zero-order valence-corrected chi connectivity index (χ0v) is 11.0. The second-order valence-corrected chi connectivity index (χ2v) is 5.47. The Labute approximate surface area is 106 Å². The average Bonchev–Trinajstić information content (AvgIpc) is 2.35. The largest absolute Gasteiger partial charge is 0.0949 e. The molecule has 1 aliphatic rings. The molecule has 17 heavy (non-hydrogen) atoms. The Morgan fingerprint density at radius 1 is 1.00 bits per heavy atom. The van der Waals surface area contributed by atoms with Crippen LogP contribution in [0, 0.1) is 11.8 Å². The third-order valence-electron chi connectivity index (χ3n) is 4.20. The fourth-order valence-corrected chi connectivity index (χ4v) is 3.05. The van der Waals surface area contributed by atoms with Gasteiger partial charge in [0.2, 0.25) is 0 Å². The highest BCUT2D eigenvalue weighted by atomic mass is 14.3. The molecule has 2 atom stereocenters. The van der Waals surface area contributed by atoms with E-state index < -0.39 is 0 Å². The molecular formula is C17H24. The first kappa shape index (κ1) is 12.4. The molecule has 1 saturated carbocycles. The Balaban J connectivity index is 2.10. The van der Waals surface area contributed by atoms with Gasteiger partial charge in [-0.05, 0) is 29.4 Å². The van der Waals surface area contributed by atoms with E-state index in [1.54, 1.807) is 0 Å². The van der Waals surface area contributed by atoms with Crippen molar-refractivity contribution in [3.8, 4) is 0 Å². The molecule has 1 fully saturated rings. The molecule has 0 nitrogen and oxygen atoms in total. The molecule has 0 aliphatic heterocycles. The van der Waals surface area contributed by atoms with Gasteiger partial charge < -0.3 is 0 Å². The molecule has 0 spiro atoms. The van der Waals surface area contributed by atoms with Crippen LogP contribution >= 0.6 is 0 Å². The quantitative estimate of drug-likeness (QED) is 0.643. The Bertz CT molecular complexity index is 350. The molecule has 2 rings (SSSR count). The summed E-state index contributed by atoms with van der Waals surface area (Å²) in [5.74, 6) is 1.49. The van der Waals surface area contributed by atoms with Crippen molar-refractivity contribution in [2.45, 2.75) is 45.4 Å². The van der Waals surface area contributed by atoms with Gasteiger partial charge in [-0.3, -0.25) is 0 Å². The van der Waals surface area contributed by atoms with Crippen LogP contribution in [0.5, 0.6) is 0 Å². The van der Waals surface area contributed by atoms with Gasteiger partial charge >= 0.3 is 0 Å². The summed E-state index contributed by atoms with van der Waals surface area (Å²) in [6.45, 7) is 6.78. The van der Waals surface area contributed by atoms with Crippen molar-refractivity contribution in [1.82, 2.24) is 0 Å². The van der Waals surface area contributed by atoms with Crippen molar-refractivity contribution in [3.05, 3.63) is 42.5 Å². The maximum atomic E-state index is 4.37. The first-order chi connectivity index (χ1) is 8.29. The molecule has 2 unspecified atom stereocenters. The minimum atomic E-state index is 0.692. The van der Waals surface area contributed by atoms with Crippen LogP contribution < -0.4 is 0 Å². The van der Waals surface area contributed by atoms with Gasteiger partial charge in [-0.15, -0.1) is 0 Å². The maximum Gasteiger partial charge on any atom is -0.0136 e. The van der Waals surface area contributed by atoms with Crippen LogP contribution in [0.15, 0.2) is 36.9 Å². The van der Waals surface area contributed by atoms with Crippen LogP contribution in [-0.2, 0) is 0 Å². The van der Waals surface area contributed by atoms with Crippen molar-refractivity contribution < 1.29 is 0 Å². The third-order valence-corrected chi connectivity index (χ3v) is 4.20. The molecule has 0 aromatic heterocycles. The van der Waals surface area contributed by atoms with Crippen molar-refractivity contribution >= 4 is 5.57 Å². The molecule has 1 aliphatic carbocycles. The van der Waals surface area contributed by atoms with Crippen molar-refractivity contribution in [2.24, 2.45) is 11.8 Å². The molecule has 0 heterocycles. The highest BCUT2D eigenvalue weighted by Crippen LogP contribution is 2.36. The zero-order valence-electron chi connectivity index (χ0n) is 11.0. The fourth-order valence-electron chi connectivity index (χ4n) is 3.05. The van der Waals surface area contributed by atoms with E-state index in [-0.39, 0.29) is 0 Å². The topological polar surface area (TPSA) is 0 Å². The van der Waals surface area contributed by atoms with E-state index in [1.807, 2.05) is 0 Å². The van der Waals surface area contributed by atoms with Gasteiger partial charge in [0.25, 0.3) is 0 Å². The number of allylic oxidation sites excluding steroid dienone is 1. The van der Waals surface area contributed by atoms with E-state index >= 15 is 0 Å². The van der Waals surface area contributed by atoms with Crippen LogP contribution in [0.1, 0.15) is 51.0 Å². The summed E-state index contributed by atoms with van der Waals surface area (Å²) >= 11 is 0. The van der Waals surface area contributed by atoms with Crippen LogP contribution in [0.2, 0.25) is 0 Å². The summed E-state index contributed by atoms with van der Waals surface area (Å²) in [6, 6.07) is 10.7. The van der Waals surface area contributed by atoms with E-state index in [1.165, 1.54) is 49.7 Å². The Morgan fingerprint density at radius 3 is 2.35 bits per heavy atom. The van der Waals surface area contributed by atoms with Gasteiger partial charge in [-0.1, -0.05) is 75.9 Å². The van der Waals surface area contributed by atoms with Gasteiger partial charge in [-0.2, -0.15) is 0 Å². The molecule has 0 bridgehead atoms. The number of hydrogen-bond donors (Lipinski definition) is 0. The third kappa shape index (κ3) is 3.21. The number of hydrogen-bond acceptors (Lipinski definition) is 0. The standard InChI is InChI=1S/C17H24/c1-14-10-6-3-4-9-13-17(14)15(2)16-11-7-5-8-12-16/h5,7-8,11-12,14,17H,2-4,6,9-10,13H2,1H3. The Hall–Kier alpha value is -1.04. The fraction of sp³-hybridized carbons (Fsp3) is 0.529. The second kappa shape index (κ2) is 6.05. The summed E-state index contributed by atoms with van der Waals surface area (Å²) in [7, 11) is 0. The lowest BCUT2D eigenvalue weighted by molar-refractivity contribution is 0.339. The lowest BCUT2D eigenvalue weighted by Crippen LogP contribution is -2.15. The summed E-state index contributed by atoms with van der Waals surface area (Å²) in [4.78, 5) is 0. The average molecular weight is 228 g/mol. The lowest BCUT2D eigenvalue weighted by Gasteiger charge is -2.28. The van der Waals surface area contributed by atoms with Gasteiger partial charge in [0.1, 0.15) is 0 Å². The minimum Gasteiger partial charge on any atom is -0.0949 e. The first-order valence-corrected chi connectivity index (χ1v) is 7.03. The Morgan fingerprint density at radius 2 is 1.65 bits per heavy atom. The van der Waals surface area contributed by atoms with E-state index in [0.717, 1.165) is 5.92 Å². The Kier molecular flexibility index (Phi) is 4.42. The second-order valence-electron chi connectivity index (χ2n) is 5.47. The van der Waals surface area contributed by atoms with E-state index in [9.17, 15) is 0 Å². The lowest BCUT2D eigenvalue weighted by atomic mass is 9.77. The molecule has 1 aromatic rings. The van der Waals surface area contributed by atoms with Gasteiger partial charge in [0.05, 0.1) is 0 Å². The highest BCUT2D eigenvalue weighted by Gasteiger charge is 2.22. The zero-order chi connectivity index (χ0) is 12.1. The summed E-state index contributed by atoms with van der Waals surface area (Å²) in [6.07, 6.45) is 8.31. The highest BCUT2D eigenvalue weighted by molar-refractivity contribution is 5.65. The van der Waals surface area contributed by atoms with Gasteiger partial charge in [0, 0.05) is 0 Å². The molecule has 0 N–H and O–H groups in total. The molecule has 0 radical (unpaired) electrons. The summed E-state index contributed by atoms with van der Waals surface area (Å²) in [5, 5.41) is 0. The molecule has 1 aromatic carbocycles. The normalized spacial score (nSPS) is 25.9. The first-order valence-electron chi connectivity index (χ1n) is 7.03.